The smallest absolute Gasteiger partial charge is 0.260 e. The van der Waals surface area contributed by atoms with E-state index in [2.05, 4.69) is 21.0 Å². The van der Waals surface area contributed by atoms with Gasteiger partial charge in [0.25, 0.3) is 5.95 Å². The Bertz CT molecular complexity index is 544. The highest BCUT2D eigenvalue weighted by atomic mass is 35.5. The molecule has 1 aromatic carbocycles. The van der Waals surface area contributed by atoms with E-state index in [9.17, 15) is 0 Å². The van der Waals surface area contributed by atoms with Crippen molar-refractivity contribution >= 4 is 17.5 Å². The zero-order valence-corrected chi connectivity index (χ0v) is 11.3. The molecule has 0 saturated carbocycles. The Hall–Kier alpha value is -2.02. The van der Waals surface area contributed by atoms with Crippen molar-refractivity contribution in [3.63, 3.8) is 0 Å². The highest BCUT2D eigenvalue weighted by Crippen LogP contribution is 2.25. The molecule has 7 nitrogen and oxygen atoms in total. The molecule has 0 aliphatic heterocycles. The molecule has 19 heavy (non-hydrogen) atoms. The number of hydrogen-bond donors (Lipinski definition) is 2. The Balaban J connectivity index is 1.98. The lowest BCUT2D eigenvalue weighted by Crippen LogP contribution is -2.18. The van der Waals surface area contributed by atoms with Gasteiger partial charge in [0.05, 0.1) is 18.2 Å². The van der Waals surface area contributed by atoms with Gasteiger partial charge in [-0.3, -0.25) is 0 Å². The van der Waals surface area contributed by atoms with E-state index in [1.165, 1.54) is 4.79 Å². The largest absolute Gasteiger partial charge is 0.492 e. The van der Waals surface area contributed by atoms with Crippen LogP contribution in [0.1, 0.15) is 18.9 Å². The fourth-order valence-electron chi connectivity index (χ4n) is 1.46. The standard InChI is InChI=1S/C11H15ClN6O/c1-2-5-19-10-4-3-8(6-9(10)12)7-14-18-11(13)15-16-17-18/h3-4,6,14H,2,5,7H2,1H3,(H2,13,15,17). The van der Waals surface area contributed by atoms with E-state index in [1.807, 2.05) is 25.1 Å². The summed E-state index contributed by atoms with van der Waals surface area (Å²) in [6, 6.07) is 5.60. The third-order valence-electron chi connectivity index (χ3n) is 2.38. The summed E-state index contributed by atoms with van der Waals surface area (Å²) < 4.78 is 5.50. The van der Waals surface area contributed by atoms with Gasteiger partial charge in [0.15, 0.2) is 0 Å². The Morgan fingerprint density at radius 3 is 2.95 bits per heavy atom. The lowest BCUT2D eigenvalue weighted by molar-refractivity contribution is 0.317. The molecule has 102 valence electrons. The highest BCUT2D eigenvalue weighted by molar-refractivity contribution is 6.32. The van der Waals surface area contributed by atoms with Crippen LogP contribution in [0.5, 0.6) is 5.75 Å². The molecule has 0 aliphatic carbocycles. The van der Waals surface area contributed by atoms with Crippen LogP contribution in [0.3, 0.4) is 0 Å². The fraction of sp³-hybridized carbons (Fsp3) is 0.364. The van der Waals surface area contributed by atoms with E-state index >= 15 is 0 Å². The van der Waals surface area contributed by atoms with E-state index in [4.69, 9.17) is 22.1 Å². The minimum Gasteiger partial charge on any atom is -0.492 e. The van der Waals surface area contributed by atoms with Gasteiger partial charge in [-0.2, -0.15) is 0 Å². The number of hydrogen-bond acceptors (Lipinski definition) is 6. The van der Waals surface area contributed by atoms with Crippen LogP contribution in [0.15, 0.2) is 18.2 Å². The number of benzene rings is 1. The number of nitrogen functional groups attached to an aromatic ring is 1. The molecule has 1 heterocycles. The molecule has 3 N–H and O–H groups in total. The number of nitrogens with two attached hydrogens (primary N) is 1. The quantitative estimate of drug-likeness (QED) is 0.833. The van der Waals surface area contributed by atoms with E-state index in [0.29, 0.717) is 23.9 Å². The van der Waals surface area contributed by atoms with Crippen molar-refractivity contribution in [2.24, 2.45) is 0 Å². The van der Waals surface area contributed by atoms with Crippen LogP contribution in [-0.2, 0) is 6.54 Å². The molecule has 1 aromatic heterocycles. The molecule has 0 unspecified atom stereocenters. The van der Waals surface area contributed by atoms with Gasteiger partial charge >= 0.3 is 0 Å². The van der Waals surface area contributed by atoms with E-state index in [0.717, 1.165) is 12.0 Å². The maximum absolute atomic E-state index is 6.13. The van der Waals surface area contributed by atoms with Crippen molar-refractivity contribution in [1.29, 1.82) is 0 Å². The molecule has 0 atom stereocenters. The van der Waals surface area contributed by atoms with Crippen LogP contribution in [-0.4, -0.2) is 26.9 Å². The molecule has 2 rings (SSSR count). The second-order valence-corrected chi connectivity index (χ2v) is 4.30. The summed E-state index contributed by atoms with van der Waals surface area (Å²) in [5, 5.41) is 11.2. The average Bonchev–Trinajstić information content (AvgIpc) is 2.81. The summed E-state index contributed by atoms with van der Waals surface area (Å²) in [5.41, 5.74) is 9.46. The third kappa shape index (κ3) is 3.47. The van der Waals surface area contributed by atoms with Crippen LogP contribution in [0.4, 0.5) is 5.95 Å². The molecule has 0 spiro atoms. The molecule has 0 radical (unpaired) electrons. The van der Waals surface area contributed by atoms with E-state index in [1.54, 1.807) is 0 Å². The van der Waals surface area contributed by atoms with Gasteiger partial charge in [0.1, 0.15) is 5.75 Å². The summed E-state index contributed by atoms with van der Waals surface area (Å²) >= 11 is 6.13. The number of anilines is 1. The molecule has 2 aromatic rings. The first-order valence-corrected chi connectivity index (χ1v) is 6.27. The Labute approximate surface area is 115 Å². The molecule has 0 amide bonds. The average molecular weight is 283 g/mol. The van der Waals surface area contributed by atoms with Crippen molar-refractivity contribution in [2.75, 3.05) is 17.8 Å². The molecule has 0 saturated heterocycles. The zero-order chi connectivity index (χ0) is 13.7. The normalized spacial score (nSPS) is 10.4. The van der Waals surface area contributed by atoms with Crippen LogP contribution in [0, 0.1) is 0 Å². The second kappa shape index (κ2) is 6.24. The number of halogens is 1. The van der Waals surface area contributed by atoms with E-state index < -0.39 is 0 Å². The van der Waals surface area contributed by atoms with E-state index in [-0.39, 0.29) is 5.95 Å². The first-order valence-electron chi connectivity index (χ1n) is 5.89. The number of nitrogens with zero attached hydrogens (tertiary/aromatic N) is 4. The second-order valence-electron chi connectivity index (χ2n) is 3.90. The maximum atomic E-state index is 6.13. The van der Waals surface area contributed by atoms with Gasteiger partial charge in [-0.25, -0.2) is 0 Å². The summed E-state index contributed by atoms with van der Waals surface area (Å²) in [5.74, 6) is 0.892. The number of nitrogens with one attached hydrogen (secondary N) is 1. The Morgan fingerprint density at radius 1 is 1.47 bits per heavy atom. The van der Waals surface area contributed by atoms with Gasteiger partial charge in [-0.05, 0) is 34.5 Å². The van der Waals surface area contributed by atoms with Crippen LogP contribution >= 0.6 is 11.6 Å². The SMILES string of the molecule is CCCOc1ccc(CNn2nnnc2N)cc1Cl. The predicted molar refractivity (Wildman–Crippen MR) is 72.5 cm³/mol. The molecule has 0 fully saturated rings. The van der Waals surface area contributed by atoms with Gasteiger partial charge in [0, 0.05) is 0 Å². The van der Waals surface area contributed by atoms with Gasteiger partial charge < -0.3 is 15.9 Å². The molecule has 8 heteroatoms. The monoisotopic (exact) mass is 282 g/mol. The van der Waals surface area contributed by atoms with Crippen LogP contribution in [0.25, 0.3) is 0 Å². The summed E-state index contributed by atoms with van der Waals surface area (Å²) in [6.45, 7) is 3.20. The first-order chi connectivity index (χ1) is 9.20. The summed E-state index contributed by atoms with van der Waals surface area (Å²) in [6.07, 6.45) is 0.943. The van der Waals surface area contributed by atoms with Crippen molar-refractivity contribution in [1.82, 2.24) is 20.3 Å². The summed E-state index contributed by atoms with van der Waals surface area (Å²) in [7, 11) is 0. The third-order valence-corrected chi connectivity index (χ3v) is 2.68. The number of tetrazole rings is 1. The van der Waals surface area contributed by atoms with Gasteiger partial charge in [-0.1, -0.05) is 29.7 Å². The zero-order valence-electron chi connectivity index (χ0n) is 10.5. The van der Waals surface area contributed by atoms with Crippen molar-refractivity contribution in [3.05, 3.63) is 28.8 Å². The maximum Gasteiger partial charge on any atom is 0.260 e. The Kier molecular flexibility index (Phi) is 4.40. The van der Waals surface area contributed by atoms with Crippen LogP contribution < -0.4 is 15.9 Å². The summed E-state index contributed by atoms with van der Waals surface area (Å²) in [4.78, 5) is 1.30. The number of ether oxygens (including phenoxy) is 1. The number of aromatic nitrogens is 4. The van der Waals surface area contributed by atoms with Crippen molar-refractivity contribution in [3.8, 4) is 5.75 Å². The number of rotatable bonds is 6. The van der Waals surface area contributed by atoms with Gasteiger partial charge in [-0.15, -0.1) is 4.79 Å². The highest BCUT2D eigenvalue weighted by Gasteiger charge is 2.04. The van der Waals surface area contributed by atoms with Crippen molar-refractivity contribution in [2.45, 2.75) is 19.9 Å². The lowest BCUT2D eigenvalue weighted by Gasteiger charge is -2.09. The first kappa shape index (κ1) is 13.4. The molecular formula is C11H15ClN6O. The molecule has 0 aliphatic rings. The van der Waals surface area contributed by atoms with Crippen molar-refractivity contribution < 1.29 is 4.74 Å². The fourth-order valence-corrected chi connectivity index (χ4v) is 1.71. The molecular weight excluding hydrogens is 268 g/mol. The van der Waals surface area contributed by atoms with Crippen LogP contribution in [0.2, 0.25) is 5.02 Å². The topological polar surface area (TPSA) is 90.9 Å². The minimum atomic E-state index is 0.203. The minimum absolute atomic E-state index is 0.203. The lowest BCUT2D eigenvalue weighted by atomic mass is 10.2. The molecule has 0 bridgehead atoms. The van der Waals surface area contributed by atoms with Gasteiger partial charge in [0.2, 0.25) is 0 Å². The Morgan fingerprint density at radius 2 is 2.32 bits per heavy atom. The predicted octanol–water partition coefficient (Wildman–Crippen LogP) is 1.44.